The van der Waals surface area contributed by atoms with Gasteiger partial charge in [0, 0.05) is 24.8 Å². The normalized spacial score (nSPS) is 17.2. The van der Waals surface area contributed by atoms with Crippen LogP contribution in [0.15, 0.2) is 48.8 Å². The topological polar surface area (TPSA) is 71.5 Å². The molecule has 2 aromatic rings. The average molecular weight is 311 g/mol. The highest BCUT2D eigenvalue weighted by atomic mass is 16.5. The summed E-state index contributed by atoms with van der Waals surface area (Å²) in [5, 5.41) is 2.79. The number of hydrogen-bond acceptors (Lipinski definition) is 4. The second-order valence-corrected chi connectivity index (χ2v) is 5.33. The van der Waals surface area contributed by atoms with Crippen LogP contribution in [0.5, 0.6) is 5.75 Å². The van der Waals surface area contributed by atoms with Gasteiger partial charge in [-0.2, -0.15) is 0 Å². The van der Waals surface area contributed by atoms with Crippen molar-refractivity contribution in [2.75, 3.05) is 23.9 Å². The van der Waals surface area contributed by atoms with E-state index in [1.807, 2.05) is 12.1 Å². The summed E-state index contributed by atoms with van der Waals surface area (Å²) in [7, 11) is 1.59. The molecule has 0 saturated carbocycles. The molecule has 2 heterocycles. The summed E-state index contributed by atoms with van der Waals surface area (Å²) in [5.74, 6) is 0.139. The van der Waals surface area contributed by atoms with Gasteiger partial charge in [0.2, 0.25) is 11.8 Å². The van der Waals surface area contributed by atoms with Gasteiger partial charge >= 0.3 is 0 Å². The molecule has 2 amide bonds. The van der Waals surface area contributed by atoms with Crippen molar-refractivity contribution in [3.05, 3.63) is 48.8 Å². The maximum atomic E-state index is 12.3. The number of carbonyl (C=O) groups excluding carboxylic acids is 2. The lowest BCUT2D eigenvalue weighted by Gasteiger charge is -2.17. The molecule has 0 aliphatic carbocycles. The molecule has 0 spiro atoms. The molecule has 1 aromatic carbocycles. The minimum absolute atomic E-state index is 0.0542. The first kappa shape index (κ1) is 15.0. The zero-order valence-corrected chi connectivity index (χ0v) is 12.7. The average Bonchev–Trinajstić information content (AvgIpc) is 2.98. The van der Waals surface area contributed by atoms with Gasteiger partial charge in [0.05, 0.1) is 24.9 Å². The largest absolute Gasteiger partial charge is 0.497 e. The van der Waals surface area contributed by atoms with E-state index in [9.17, 15) is 9.59 Å². The number of nitrogens with zero attached hydrogens (tertiary/aromatic N) is 2. The van der Waals surface area contributed by atoms with E-state index in [1.54, 1.807) is 48.7 Å². The highest BCUT2D eigenvalue weighted by molar-refractivity contribution is 6.03. The summed E-state index contributed by atoms with van der Waals surface area (Å²) in [6, 6.07) is 10.7. The predicted molar refractivity (Wildman–Crippen MR) is 86.3 cm³/mol. The third-order valence-electron chi connectivity index (χ3n) is 3.81. The molecule has 118 valence electrons. The standard InChI is InChI=1S/C17H17N3O3/c1-23-15-6-4-14(5-7-15)20-11-12(9-16(20)21)17(22)19-13-3-2-8-18-10-13/h2-8,10,12H,9,11H2,1H3,(H,19,22)/t12-/m0/s1. The van der Waals surface area contributed by atoms with E-state index in [1.165, 1.54) is 0 Å². The van der Waals surface area contributed by atoms with E-state index in [-0.39, 0.29) is 24.2 Å². The summed E-state index contributed by atoms with van der Waals surface area (Å²) >= 11 is 0. The number of carbonyl (C=O) groups is 2. The van der Waals surface area contributed by atoms with Crippen LogP contribution in [0, 0.1) is 5.92 Å². The van der Waals surface area contributed by atoms with E-state index in [4.69, 9.17) is 4.74 Å². The van der Waals surface area contributed by atoms with Crippen LogP contribution >= 0.6 is 0 Å². The molecule has 1 fully saturated rings. The smallest absolute Gasteiger partial charge is 0.229 e. The number of hydrogen-bond donors (Lipinski definition) is 1. The Morgan fingerprint density at radius 2 is 2.09 bits per heavy atom. The Labute approximate surface area is 134 Å². The molecule has 0 radical (unpaired) electrons. The molecular weight excluding hydrogens is 294 g/mol. The maximum absolute atomic E-state index is 12.3. The van der Waals surface area contributed by atoms with Gasteiger partial charge in [-0.15, -0.1) is 0 Å². The highest BCUT2D eigenvalue weighted by Crippen LogP contribution is 2.27. The van der Waals surface area contributed by atoms with Crippen LogP contribution in [0.2, 0.25) is 0 Å². The van der Waals surface area contributed by atoms with E-state index < -0.39 is 0 Å². The number of rotatable bonds is 4. The molecule has 1 aliphatic rings. The van der Waals surface area contributed by atoms with Gasteiger partial charge in [-0.05, 0) is 36.4 Å². The van der Waals surface area contributed by atoms with Gasteiger partial charge in [0.25, 0.3) is 0 Å². The van der Waals surface area contributed by atoms with Crippen LogP contribution in [0.4, 0.5) is 11.4 Å². The zero-order chi connectivity index (χ0) is 16.2. The van der Waals surface area contributed by atoms with Crippen molar-refractivity contribution in [2.45, 2.75) is 6.42 Å². The molecule has 1 aliphatic heterocycles. The lowest BCUT2D eigenvalue weighted by Crippen LogP contribution is -2.28. The minimum Gasteiger partial charge on any atom is -0.497 e. The van der Waals surface area contributed by atoms with Crippen molar-refractivity contribution < 1.29 is 14.3 Å². The van der Waals surface area contributed by atoms with Crippen LogP contribution < -0.4 is 15.0 Å². The van der Waals surface area contributed by atoms with Crippen LogP contribution in [-0.4, -0.2) is 30.5 Å². The fraction of sp³-hybridized carbons (Fsp3) is 0.235. The quantitative estimate of drug-likeness (QED) is 0.938. The number of methoxy groups -OCH3 is 1. The Hall–Kier alpha value is -2.89. The Morgan fingerprint density at radius 3 is 2.74 bits per heavy atom. The summed E-state index contributed by atoms with van der Waals surface area (Å²) in [5.41, 5.74) is 1.40. The van der Waals surface area contributed by atoms with E-state index >= 15 is 0 Å². The van der Waals surface area contributed by atoms with Crippen LogP contribution in [0.3, 0.4) is 0 Å². The fourth-order valence-electron chi connectivity index (χ4n) is 2.58. The molecule has 0 bridgehead atoms. The highest BCUT2D eigenvalue weighted by Gasteiger charge is 2.35. The van der Waals surface area contributed by atoms with Gasteiger partial charge in [-0.1, -0.05) is 0 Å². The molecule has 6 heteroatoms. The second-order valence-electron chi connectivity index (χ2n) is 5.33. The number of benzene rings is 1. The number of ether oxygens (including phenoxy) is 1. The van der Waals surface area contributed by atoms with Crippen LogP contribution in [0.1, 0.15) is 6.42 Å². The van der Waals surface area contributed by atoms with Crippen molar-refractivity contribution in [3.8, 4) is 5.75 Å². The third kappa shape index (κ3) is 3.31. The molecule has 1 saturated heterocycles. The lowest BCUT2D eigenvalue weighted by molar-refractivity contribution is -0.122. The number of nitrogens with one attached hydrogen (secondary N) is 1. The Bertz CT molecular complexity index is 701. The van der Waals surface area contributed by atoms with Crippen molar-refractivity contribution in [3.63, 3.8) is 0 Å². The first-order valence-corrected chi connectivity index (χ1v) is 7.32. The predicted octanol–water partition coefficient (Wildman–Crippen LogP) is 2.08. The van der Waals surface area contributed by atoms with Gasteiger partial charge < -0.3 is 15.0 Å². The maximum Gasteiger partial charge on any atom is 0.229 e. The first-order valence-electron chi connectivity index (χ1n) is 7.32. The Morgan fingerprint density at radius 1 is 1.30 bits per heavy atom. The SMILES string of the molecule is COc1ccc(N2C[C@@H](C(=O)Nc3cccnc3)CC2=O)cc1. The monoisotopic (exact) mass is 311 g/mol. The number of pyridine rings is 1. The molecule has 1 aromatic heterocycles. The summed E-state index contributed by atoms with van der Waals surface area (Å²) < 4.78 is 5.11. The number of aromatic nitrogens is 1. The summed E-state index contributed by atoms with van der Waals surface area (Å²) in [4.78, 5) is 30.1. The molecule has 0 unspecified atom stereocenters. The van der Waals surface area contributed by atoms with Gasteiger partial charge in [-0.3, -0.25) is 14.6 Å². The molecule has 6 nitrogen and oxygen atoms in total. The number of anilines is 2. The van der Waals surface area contributed by atoms with Crippen molar-refractivity contribution in [2.24, 2.45) is 5.92 Å². The minimum atomic E-state index is -0.371. The molecule has 1 atom stereocenters. The Balaban J connectivity index is 1.67. The molecular formula is C17H17N3O3. The van der Waals surface area contributed by atoms with Crippen LogP contribution in [-0.2, 0) is 9.59 Å². The van der Waals surface area contributed by atoms with E-state index in [0.717, 1.165) is 11.4 Å². The van der Waals surface area contributed by atoms with Gasteiger partial charge in [0.15, 0.2) is 0 Å². The molecule has 23 heavy (non-hydrogen) atoms. The fourth-order valence-corrected chi connectivity index (χ4v) is 2.58. The van der Waals surface area contributed by atoms with Crippen LogP contribution in [0.25, 0.3) is 0 Å². The van der Waals surface area contributed by atoms with Crippen molar-refractivity contribution in [1.29, 1.82) is 0 Å². The molecule has 3 rings (SSSR count). The van der Waals surface area contributed by atoms with Crippen molar-refractivity contribution >= 4 is 23.2 Å². The zero-order valence-electron chi connectivity index (χ0n) is 12.7. The summed E-state index contributed by atoms with van der Waals surface area (Å²) in [6.45, 7) is 0.372. The second kappa shape index (κ2) is 6.48. The number of amides is 2. The van der Waals surface area contributed by atoms with Gasteiger partial charge in [-0.25, -0.2) is 0 Å². The summed E-state index contributed by atoms with van der Waals surface area (Å²) in [6.07, 6.45) is 3.42. The third-order valence-corrected chi connectivity index (χ3v) is 3.81. The van der Waals surface area contributed by atoms with Gasteiger partial charge in [0.1, 0.15) is 5.75 Å². The first-order chi connectivity index (χ1) is 11.2. The lowest BCUT2D eigenvalue weighted by atomic mass is 10.1. The van der Waals surface area contributed by atoms with Crippen molar-refractivity contribution in [1.82, 2.24) is 4.98 Å². The Kier molecular flexibility index (Phi) is 4.23. The van der Waals surface area contributed by atoms with E-state index in [0.29, 0.717) is 12.2 Å². The molecule has 1 N–H and O–H groups in total. The van der Waals surface area contributed by atoms with E-state index in [2.05, 4.69) is 10.3 Å².